The van der Waals surface area contributed by atoms with E-state index in [2.05, 4.69) is 9.44 Å². The maximum Gasteiger partial charge on any atom is 0.261 e. The van der Waals surface area contributed by atoms with Gasteiger partial charge in [0.25, 0.3) is 10.0 Å². The van der Waals surface area contributed by atoms with Gasteiger partial charge in [-0.05, 0) is 48.7 Å². The van der Waals surface area contributed by atoms with Gasteiger partial charge < -0.3 is 0 Å². The van der Waals surface area contributed by atoms with E-state index in [-0.39, 0.29) is 27.9 Å². The summed E-state index contributed by atoms with van der Waals surface area (Å²) in [6.45, 7) is 3.83. The standard InChI is InChI=1S/C17H21FN2O4S2/c1-13(2)11-12-25(21,22)19-16-5-3-4-6-17(16)20-26(23,24)15-9-7-14(18)8-10-15/h3-10,13,19-20H,11-12H2,1-2H3. The molecule has 0 aromatic heterocycles. The molecule has 26 heavy (non-hydrogen) atoms. The maximum atomic E-state index is 13.0. The van der Waals surface area contributed by atoms with E-state index in [9.17, 15) is 21.2 Å². The summed E-state index contributed by atoms with van der Waals surface area (Å²) in [5.74, 6) is -0.398. The number of para-hydroxylation sites is 2. The highest BCUT2D eigenvalue weighted by Crippen LogP contribution is 2.25. The summed E-state index contributed by atoms with van der Waals surface area (Å²) in [4.78, 5) is -0.128. The minimum atomic E-state index is -3.99. The second-order valence-corrected chi connectivity index (χ2v) is 9.73. The second-order valence-electron chi connectivity index (χ2n) is 6.21. The molecule has 0 saturated heterocycles. The van der Waals surface area contributed by atoms with Crippen LogP contribution in [0.15, 0.2) is 53.4 Å². The molecule has 0 aliphatic rings. The van der Waals surface area contributed by atoms with Crippen molar-refractivity contribution in [3.05, 3.63) is 54.3 Å². The molecular formula is C17H21FN2O4S2. The monoisotopic (exact) mass is 400 g/mol. The molecule has 2 rings (SSSR count). The Kier molecular flexibility index (Phi) is 6.25. The number of sulfonamides is 2. The summed E-state index contributed by atoms with van der Waals surface area (Å²) >= 11 is 0. The van der Waals surface area contributed by atoms with Crippen LogP contribution in [0, 0.1) is 11.7 Å². The molecule has 2 aromatic rings. The minimum Gasteiger partial charge on any atom is -0.281 e. The van der Waals surface area contributed by atoms with Crippen molar-refractivity contribution in [3.8, 4) is 0 Å². The van der Waals surface area contributed by atoms with E-state index in [1.54, 1.807) is 12.1 Å². The van der Waals surface area contributed by atoms with Gasteiger partial charge in [0, 0.05) is 0 Å². The van der Waals surface area contributed by atoms with Crippen LogP contribution >= 0.6 is 0 Å². The van der Waals surface area contributed by atoms with Gasteiger partial charge in [-0.3, -0.25) is 9.44 Å². The van der Waals surface area contributed by atoms with E-state index in [4.69, 9.17) is 0 Å². The normalized spacial score (nSPS) is 12.2. The zero-order chi connectivity index (χ0) is 19.4. The van der Waals surface area contributed by atoms with Gasteiger partial charge in [0.05, 0.1) is 22.0 Å². The van der Waals surface area contributed by atoms with Crippen LogP contribution in [0.2, 0.25) is 0 Å². The SMILES string of the molecule is CC(C)CCS(=O)(=O)Nc1ccccc1NS(=O)(=O)c1ccc(F)cc1. The van der Waals surface area contributed by atoms with Gasteiger partial charge in [-0.2, -0.15) is 0 Å². The Morgan fingerprint density at radius 3 is 1.96 bits per heavy atom. The molecule has 2 aromatic carbocycles. The van der Waals surface area contributed by atoms with Crippen molar-refractivity contribution >= 4 is 31.4 Å². The zero-order valence-corrected chi connectivity index (χ0v) is 16.1. The molecule has 6 nitrogen and oxygen atoms in total. The largest absolute Gasteiger partial charge is 0.281 e. The van der Waals surface area contributed by atoms with Crippen molar-refractivity contribution in [1.29, 1.82) is 0 Å². The fraction of sp³-hybridized carbons (Fsp3) is 0.294. The average molecular weight is 400 g/mol. The number of benzene rings is 2. The van der Waals surface area contributed by atoms with Crippen LogP contribution in [0.3, 0.4) is 0 Å². The number of rotatable bonds is 8. The molecule has 0 spiro atoms. The highest BCUT2D eigenvalue weighted by molar-refractivity contribution is 7.93. The fourth-order valence-corrected chi connectivity index (χ4v) is 4.56. The van der Waals surface area contributed by atoms with Gasteiger partial charge in [0.15, 0.2) is 0 Å². The lowest BCUT2D eigenvalue weighted by Gasteiger charge is -2.15. The molecule has 0 amide bonds. The Morgan fingerprint density at radius 2 is 1.42 bits per heavy atom. The molecular weight excluding hydrogens is 379 g/mol. The third-order valence-electron chi connectivity index (χ3n) is 3.52. The van der Waals surface area contributed by atoms with Crippen LogP contribution in [0.4, 0.5) is 15.8 Å². The molecule has 0 heterocycles. The lowest BCUT2D eigenvalue weighted by atomic mass is 10.2. The fourth-order valence-electron chi connectivity index (χ4n) is 2.09. The molecule has 0 atom stereocenters. The Hall–Kier alpha value is -2.13. The van der Waals surface area contributed by atoms with Crippen LogP contribution in [0.25, 0.3) is 0 Å². The smallest absolute Gasteiger partial charge is 0.261 e. The van der Waals surface area contributed by atoms with Crippen LogP contribution in [-0.2, 0) is 20.0 Å². The highest BCUT2D eigenvalue weighted by Gasteiger charge is 2.18. The number of halogens is 1. The van der Waals surface area contributed by atoms with E-state index in [0.29, 0.717) is 6.42 Å². The second kappa shape index (κ2) is 8.05. The van der Waals surface area contributed by atoms with Gasteiger partial charge >= 0.3 is 0 Å². The van der Waals surface area contributed by atoms with Crippen LogP contribution in [0.5, 0.6) is 0 Å². The molecule has 2 N–H and O–H groups in total. The molecule has 0 fully saturated rings. The topological polar surface area (TPSA) is 92.3 Å². The first-order chi connectivity index (χ1) is 12.1. The van der Waals surface area contributed by atoms with Gasteiger partial charge in [-0.15, -0.1) is 0 Å². The van der Waals surface area contributed by atoms with Crippen molar-refractivity contribution < 1.29 is 21.2 Å². The minimum absolute atomic E-state index is 0.0658. The van der Waals surface area contributed by atoms with Crippen molar-refractivity contribution in [2.75, 3.05) is 15.2 Å². The van der Waals surface area contributed by atoms with Crippen molar-refractivity contribution in [2.45, 2.75) is 25.2 Å². The highest BCUT2D eigenvalue weighted by atomic mass is 32.2. The summed E-state index contributed by atoms with van der Waals surface area (Å²) < 4.78 is 67.0. The first-order valence-electron chi connectivity index (χ1n) is 7.97. The first-order valence-corrected chi connectivity index (χ1v) is 11.1. The molecule has 9 heteroatoms. The Morgan fingerprint density at radius 1 is 0.885 bits per heavy atom. The third-order valence-corrected chi connectivity index (χ3v) is 6.21. The predicted molar refractivity (Wildman–Crippen MR) is 101 cm³/mol. The summed E-state index contributed by atoms with van der Waals surface area (Å²) in [6, 6.07) is 10.4. The van der Waals surface area contributed by atoms with E-state index in [0.717, 1.165) is 24.3 Å². The van der Waals surface area contributed by atoms with E-state index in [1.165, 1.54) is 12.1 Å². The van der Waals surface area contributed by atoms with Gasteiger partial charge in [-0.1, -0.05) is 26.0 Å². The number of anilines is 2. The summed E-state index contributed by atoms with van der Waals surface area (Å²) in [5, 5.41) is 0. The third kappa shape index (κ3) is 5.70. The molecule has 142 valence electrons. The van der Waals surface area contributed by atoms with E-state index >= 15 is 0 Å². The van der Waals surface area contributed by atoms with Crippen molar-refractivity contribution in [1.82, 2.24) is 0 Å². The average Bonchev–Trinajstić information content (AvgIpc) is 2.55. The summed E-state index contributed by atoms with van der Waals surface area (Å²) in [6.07, 6.45) is 0.485. The first kappa shape index (κ1) is 20.2. The lowest BCUT2D eigenvalue weighted by Crippen LogP contribution is -2.20. The van der Waals surface area contributed by atoms with Gasteiger partial charge in [0.2, 0.25) is 10.0 Å². The number of hydrogen-bond donors (Lipinski definition) is 2. The number of hydrogen-bond acceptors (Lipinski definition) is 4. The van der Waals surface area contributed by atoms with Crippen LogP contribution in [-0.4, -0.2) is 22.6 Å². The van der Waals surface area contributed by atoms with Crippen molar-refractivity contribution in [2.24, 2.45) is 5.92 Å². The molecule has 0 unspecified atom stereocenters. The van der Waals surface area contributed by atoms with Crippen LogP contribution in [0.1, 0.15) is 20.3 Å². The zero-order valence-electron chi connectivity index (χ0n) is 14.4. The number of nitrogens with one attached hydrogen (secondary N) is 2. The lowest BCUT2D eigenvalue weighted by molar-refractivity contribution is 0.578. The quantitative estimate of drug-likeness (QED) is 0.710. The van der Waals surface area contributed by atoms with Gasteiger partial charge in [0.1, 0.15) is 5.82 Å². The Bertz CT molecular complexity index is 957. The van der Waals surface area contributed by atoms with Gasteiger partial charge in [-0.25, -0.2) is 21.2 Å². The van der Waals surface area contributed by atoms with Crippen molar-refractivity contribution in [3.63, 3.8) is 0 Å². The summed E-state index contributed by atoms with van der Waals surface area (Å²) in [5.41, 5.74) is 0.215. The molecule has 0 bridgehead atoms. The molecule has 0 saturated carbocycles. The van der Waals surface area contributed by atoms with E-state index in [1.807, 2.05) is 13.8 Å². The predicted octanol–water partition coefficient (Wildman–Crippen LogP) is 3.41. The van der Waals surface area contributed by atoms with Crippen LogP contribution < -0.4 is 9.44 Å². The maximum absolute atomic E-state index is 13.0. The summed E-state index contributed by atoms with van der Waals surface area (Å²) in [7, 11) is -7.60. The molecule has 0 aliphatic heterocycles. The Labute approximate surface area is 153 Å². The molecule has 0 aliphatic carbocycles. The molecule has 0 radical (unpaired) electrons. The Balaban J connectivity index is 2.25. The van der Waals surface area contributed by atoms with E-state index < -0.39 is 25.9 Å².